The van der Waals surface area contributed by atoms with Gasteiger partial charge in [-0.2, -0.15) is 0 Å². The van der Waals surface area contributed by atoms with Crippen LogP contribution in [0.25, 0.3) is 0 Å². The lowest BCUT2D eigenvalue weighted by atomic mass is 9.77. The zero-order valence-corrected chi connectivity index (χ0v) is 11.0. The SMILES string of the molecule is CC(C)CNCCCC(C)(C)C(C)C. The van der Waals surface area contributed by atoms with E-state index in [9.17, 15) is 0 Å². The fourth-order valence-corrected chi connectivity index (χ4v) is 1.35. The molecule has 1 nitrogen and oxygen atoms in total. The highest BCUT2D eigenvalue weighted by Gasteiger charge is 2.21. The third-order valence-corrected chi connectivity index (χ3v) is 3.29. The van der Waals surface area contributed by atoms with Crippen LogP contribution in [0.4, 0.5) is 0 Å². The van der Waals surface area contributed by atoms with Crippen molar-refractivity contribution in [1.82, 2.24) is 5.32 Å². The van der Waals surface area contributed by atoms with Crippen LogP contribution in [0.1, 0.15) is 54.4 Å². The van der Waals surface area contributed by atoms with E-state index < -0.39 is 0 Å². The Balaban J connectivity index is 3.45. The number of nitrogens with one attached hydrogen (secondary N) is 1. The second kappa shape index (κ2) is 6.44. The van der Waals surface area contributed by atoms with E-state index >= 15 is 0 Å². The molecular weight excluding hydrogens is 170 g/mol. The van der Waals surface area contributed by atoms with Crippen LogP contribution in [0.3, 0.4) is 0 Å². The minimum absolute atomic E-state index is 0.500. The van der Waals surface area contributed by atoms with E-state index in [-0.39, 0.29) is 0 Å². The first-order valence-corrected chi connectivity index (χ1v) is 6.07. The summed E-state index contributed by atoms with van der Waals surface area (Å²) in [5, 5.41) is 3.50. The Morgan fingerprint density at radius 1 is 1.07 bits per heavy atom. The molecule has 1 heteroatoms. The van der Waals surface area contributed by atoms with Crippen LogP contribution in [-0.2, 0) is 0 Å². The summed E-state index contributed by atoms with van der Waals surface area (Å²) in [6, 6.07) is 0. The summed E-state index contributed by atoms with van der Waals surface area (Å²) in [4.78, 5) is 0. The van der Waals surface area contributed by atoms with Gasteiger partial charge in [-0.15, -0.1) is 0 Å². The number of hydrogen-bond acceptors (Lipinski definition) is 1. The summed E-state index contributed by atoms with van der Waals surface area (Å²) in [5.41, 5.74) is 0.500. The van der Waals surface area contributed by atoms with Crippen molar-refractivity contribution >= 4 is 0 Å². The van der Waals surface area contributed by atoms with E-state index in [1.807, 2.05) is 0 Å². The maximum absolute atomic E-state index is 3.50. The summed E-state index contributed by atoms with van der Waals surface area (Å²) >= 11 is 0. The predicted molar refractivity (Wildman–Crippen MR) is 65.6 cm³/mol. The fourth-order valence-electron chi connectivity index (χ4n) is 1.35. The van der Waals surface area contributed by atoms with Crippen molar-refractivity contribution in [3.8, 4) is 0 Å². The molecule has 0 aliphatic carbocycles. The van der Waals surface area contributed by atoms with Gasteiger partial charge in [0.15, 0.2) is 0 Å². The normalized spacial score (nSPS) is 12.9. The molecule has 0 bridgehead atoms. The third-order valence-electron chi connectivity index (χ3n) is 3.29. The molecule has 86 valence electrons. The molecule has 0 aromatic carbocycles. The predicted octanol–water partition coefficient (Wildman–Crippen LogP) is 3.69. The number of hydrogen-bond donors (Lipinski definition) is 1. The highest BCUT2D eigenvalue weighted by molar-refractivity contribution is 4.72. The molecule has 0 rings (SSSR count). The maximum Gasteiger partial charge on any atom is -0.00258 e. The summed E-state index contributed by atoms with van der Waals surface area (Å²) < 4.78 is 0. The molecule has 0 amide bonds. The first-order chi connectivity index (χ1) is 6.36. The van der Waals surface area contributed by atoms with E-state index in [1.165, 1.54) is 19.4 Å². The molecule has 0 aliphatic rings. The van der Waals surface area contributed by atoms with Crippen LogP contribution in [0.5, 0.6) is 0 Å². The van der Waals surface area contributed by atoms with Gasteiger partial charge in [-0.05, 0) is 43.2 Å². The molecule has 0 aromatic rings. The standard InChI is InChI=1S/C13H29N/c1-11(2)10-14-9-7-8-13(5,6)12(3)4/h11-12,14H,7-10H2,1-6H3. The smallest absolute Gasteiger partial charge is 0.00258 e. The van der Waals surface area contributed by atoms with Gasteiger partial charge < -0.3 is 5.32 Å². The maximum atomic E-state index is 3.50. The van der Waals surface area contributed by atoms with Crippen LogP contribution in [-0.4, -0.2) is 13.1 Å². The Morgan fingerprint density at radius 2 is 1.64 bits per heavy atom. The highest BCUT2D eigenvalue weighted by atomic mass is 14.8. The van der Waals surface area contributed by atoms with Crippen LogP contribution in [0.15, 0.2) is 0 Å². The van der Waals surface area contributed by atoms with E-state index in [4.69, 9.17) is 0 Å². The van der Waals surface area contributed by atoms with Gasteiger partial charge in [-0.1, -0.05) is 41.5 Å². The third kappa shape index (κ3) is 6.42. The summed E-state index contributed by atoms with van der Waals surface area (Å²) in [5.74, 6) is 1.56. The van der Waals surface area contributed by atoms with E-state index in [2.05, 4.69) is 46.9 Å². The van der Waals surface area contributed by atoms with E-state index in [0.717, 1.165) is 18.4 Å². The van der Waals surface area contributed by atoms with Crippen molar-refractivity contribution in [2.45, 2.75) is 54.4 Å². The molecule has 0 saturated carbocycles. The molecular formula is C13H29N. The Kier molecular flexibility index (Phi) is 6.43. The lowest BCUT2D eigenvalue weighted by molar-refractivity contribution is 0.222. The monoisotopic (exact) mass is 199 g/mol. The Morgan fingerprint density at radius 3 is 2.07 bits per heavy atom. The number of rotatable bonds is 7. The summed E-state index contributed by atoms with van der Waals surface area (Å²) in [6.45, 7) is 16.2. The van der Waals surface area contributed by atoms with Crippen LogP contribution in [0, 0.1) is 17.3 Å². The molecule has 1 N–H and O–H groups in total. The molecule has 0 heterocycles. The van der Waals surface area contributed by atoms with Gasteiger partial charge in [0.1, 0.15) is 0 Å². The van der Waals surface area contributed by atoms with Crippen LogP contribution < -0.4 is 5.32 Å². The molecule has 0 fully saturated rings. The second-order valence-corrected chi connectivity index (χ2v) is 5.84. The summed E-state index contributed by atoms with van der Waals surface area (Å²) in [6.07, 6.45) is 2.63. The van der Waals surface area contributed by atoms with Crippen LogP contribution in [0.2, 0.25) is 0 Å². The van der Waals surface area contributed by atoms with Crippen molar-refractivity contribution in [1.29, 1.82) is 0 Å². The van der Waals surface area contributed by atoms with Crippen LogP contribution >= 0.6 is 0 Å². The molecule has 0 aromatic heterocycles. The van der Waals surface area contributed by atoms with E-state index in [1.54, 1.807) is 0 Å². The minimum Gasteiger partial charge on any atom is -0.316 e. The largest absolute Gasteiger partial charge is 0.316 e. The van der Waals surface area contributed by atoms with Gasteiger partial charge >= 0.3 is 0 Å². The molecule has 0 aliphatic heterocycles. The Hall–Kier alpha value is -0.0400. The van der Waals surface area contributed by atoms with Crippen molar-refractivity contribution in [3.05, 3.63) is 0 Å². The second-order valence-electron chi connectivity index (χ2n) is 5.84. The van der Waals surface area contributed by atoms with Crippen molar-refractivity contribution < 1.29 is 0 Å². The van der Waals surface area contributed by atoms with Crippen molar-refractivity contribution in [2.24, 2.45) is 17.3 Å². The topological polar surface area (TPSA) is 12.0 Å². The minimum atomic E-state index is 0.500. The average molecular weight is 199 g/mol. The van der Waals surface area contributed by atoms with Crippen molar-refractivity contribution in [2.75, 3.05) is 13.1 Å². The van der Waals surface area contributed by atoms with Gasteiger partial charge in [-0.3, -0.25) is 0 Å². The molecule has 0 spiro atoms. The first kappa shape index (κ1) is 14.0. The molecule has 0 unspecified atom stereocenters. The van der Waals surface area contributed by atoms with Crippen molar-refractivity contribution in [3.63, 3.8) is 0 Å². The molecule has 0 saturated heterocycles. The quantitative estimate of drug-likeness (QED) is 0.617. The fraction of sp³-hybridized carbons (Fsp3) is 1.00. The Labute approximate surface area is 90.7 Å². The van der Waals surface area contributed by atoms with E-state index in [0.29, 0.717) is 5.41 Å². The average Bonchev–Trinajstić information content (AvgIpc) is 2.02. The Bertz CT molecular complexity index is 136. The highest BCUT2D eigenvalue weighted by Crippen LogP contribution is 2.30. The molecule has 0 atom stereocenters. The lowest BCUT2D eigenvalue weighted by Gasteiger charge is -2.29. The molecule has 0 radical (unpaired) electrons. The first-order valence-electron chi connectivity index (χ1n) is 6.07. The van der Waals surface area contributed by atoms with Gasteiger partial charge in [0.2, 0.25) is 0 Å². The zero-order valence-electron chi connectivity index (χ0n) is 11.0. The summed E-state index contributed by atoms with van der Waals surface area (Å²) in [7, 11) is 0. The van der Waals surface area contributed by atoms with Gasteiger partial charge in [-0.25, -0.2) is 0 Å². The van der Waals surface area contributed by atoms with Gasteiger partial charge in [0.05, 0.1) is 0 Å². The van der Waals surface area contributed by atoms with Gasteiger partial charge in [0, 0.05) is 0 Å². The lowest BCUT2D eigenvalue weighted by Crippen LogP contribution is -2.24. The zero-order chi connectivity index (χ0) is 11.2. The van der Waals surface area contributed by atoms with Gasteiger partial charge in [0.25, 0.3) is 0 Å². The molecule has 14 heavy (non-hydrogen) atoms.